The SMILES string of the molecule is CCCCCNc1cc(NC(C)C)ncn1. The molecular formula is C12H22N4. The van der Waals surface area contributed by atoms with Gasteiger partial charge in [0.25, 0.3) is 0 Å². The Labute approximate surface area is 97.9 Å². The lowest BCUT2D eigenvalue weighted by atomic mass is 10.2. The molecule has 1 rings (SSSR count). The van der Waals surface area contributed by atoms with E-state index in [4.69, 9.17) is 0 Å². The normalized spacial score (nSPS) is 10.5. The molecule has 0 unspecified atom stereocenters. The number of hydrogen-bond acceptors (Lipinski definition) is 4. The molecule has 4 heteroatoms. The maximum absolute atomic E-state index is 4.18. The van der Waals surface area contributed by atoms with Crippen molar-refractivity contribution in [3.8, 4) is 0 Å². The molecule has 1 heterocycles. The molecule has 0 spiro atoms. The summed E-state index contributed by atoms with van der Waals surface area (Å²) in [6, 6.07) is 2.34. The molecule has 0 atom stereocenters. The Balaban J connectivity index is 2.41. The molecule has 0 fully saturated rings. The van der Waals surface area contributed by atoms with Gasteiger partial charge in [0.05, 0.1) is 0 Å². The summed E-state index contributed by atoms with van der Waals surface area (Å²) in [5.74, 6) is 1.78. The van der Waals surface area contributed by atoms with Gasteiger partial charge in [0.15, 0.2) is 0 Å². The van der Waals surface area contributed by atoms with Gasteiger partial charge < -0.3 is 10.6 Å². The Morgan fingerprint density at radius 2 is 1.94 bits per heavy atom. The highest BCUT2D eigenvalue weighted by atomic mass is 15.1. The minimum Gasteiger partial charge on any atom is -0.370 e. The first kappa shape index (κ1) is 12.7. The maximum atomic E-state index is 4.18. The number of unbranched alkanes of at least 4 members (excludes halogenated alkanes) is 2. The van der Waals surface area contributed by atoms with E-state index in [0.29, 0.717) is 6.04 Å². The van der Waals surface area contributed by atoms with Crippen molar-refractivity contribution in [2.45, 2.75) is 46.1 Å². The molecule has 16 heavy (non-hydrogen) atoms. The molecule has 0 aliphatic heterocycles. The average Bonchev–Trinajstić information content (AvgIpc) is 2.24. The van der Waals surface area contributed by atoms with E-state index < -0.39 is 0 Å². The topological polar surface area (TPSA) is 49.8 Å². The van der Waals surface area contributed by atoms with Crippen LogP contribution in [0.15, 0.2) is 12.4 Å². The minimum atomic E-state index is 0.392. The van der Waals surface area contributed by atoms with Gasteiger partial charge in [-0.05, 0) is 20.3 Å². The zero-order valence-electron chi connectivity index (χ0n) is 10.5. The summed E-state index contributed by atoms with van der Waals surface area (Å²) in [6.45, 7) is 7.37. The van der Waals surface area contributed by atoms with Crippen LogP contribution in [0.2, 0.25) is 0 Å². The van der Waals surface area contributed by atoms with E-state index in [0.717, 1.165) is 18.2 Å². The number of hydrogen-bond donors (Lipinski definition) is 2. The van der Waals surface area contributed by atoms with Crippen LogP contribution in [0.5, 0.6) is 0 Å². The van der Waals surface area contributed by atoms with Crippen LogP contribution < -0.4 is 10.6 Å². The number of nitrogens with zero attached hydrogens (tertiary/aromatic N) is 2. The Hall–Kier alpha value is -1.32. The van der Waals surface area contributed by atoms with Gasteiger partial charge in [0.2, 0.25) is 0 Å². The Bertz CT molecular complexity index is 299. The van der Waals surface area contributed by atoms with Crippen molar-refractivity contribution in [1.29, 1.82) is 0 Å². The molecule has 90 valence electrons. The van der Waals surface area contributed by atoms with E-state index in [-0.39, 0.29) is 0 Å². The highest BCUT2D eigenvalue weighted by Crippen LogP contribution is 2.09. The van der Waals surface area contributed by atoms with Crippen molar-refractivity contribution >= 4 is 11.6 Å². The first-order valence-corrected chi connectivity index (χ1v) is 6.04. The minimum absolute atomic E-state index is 0.392. The predicted octanol–water partition coefficient (Wildman–Crippen LogP) is 2.90. The lowest BCUT2D eigenvalue weighted by Gasteiger charge is -2.10. The van der Waals surface area contributed by atoms with E-state index in [2.05, 4.69) is 41.4 Å². The highest BCUT2D eigenvalue weighted by Gasteiger charge is 1.99. The largest absolute Gasteiger partial charge is 0.370 e. The molecule has 0 radical (unpaired) electrons. The van der Waals surface area contributed by atoms with Gasteiger partial charge in [0, 0.05) is 18.7 Å². The van der Waals surface area contributed by atoms with Crippen LogP contribution in [0.3, 0.4) is 0 Å². The highest BCUT2D eigenvalue weighted by molar-refractivity contribution is 5.46. The molecule has 0 aromatic carbocycles. The second-order valence-corrected chi connectivity index (χ2v) is 4.22. The molecule has 0 bridgehead atoms. The van der Waals surface area contributed by atoms with Gasteiger partial charge in [-0.25, -0.2) is 9.97 Å². The van der Waals surface area contributed by atoms with Gasteiger partial charge in [-0.1, -0.05) is 19.8 Å². The van der Waals surface area contributed by atoms with Crippen molar-refractivity contribution in [3.63, 3.8) is 0 Å². The van der Waals surface area contributed by atoms with E-state index in [1.54, 1.807) is 6.33 Å². The van der Waals surface area contributed by atoms with Crippen LogP contribution in [-0.4, -0.2) is 22.6 Å². The Morgan fingerprint density at radius 1 is 1.19 bits per heavy atom. The second-order valence-electron chi connectivity index (χ2n) is 4.22. The molecule has 0 saturated carbocycles. The van der Waals surface area contributed by atoms with Crippen LogP contribution in [0.25, 0.3) is 0 Å². The third kappa shape index (κ3) is 4.96. The van der Waals surface area contributed by atoms with E-state index in [1.165, 1.54) is 19.3 Å². The quantitative estimate of drug-likeness (QED) is 0.696. The van der Waals surface area contributed by atoms with Crippen LogP contribution in [0.4, 0.5) is 11.6 Å². The fourth-order valence-corrected chi connectivity index (χ4v) is 1.42. The van der Waals surface area contributed by atoms with Gasteiger partial charge in [0.1, 0.15) is 18.0 Å². The summed E-state index contributed by atoms with van der Waals surface area (Å²) in [4.78, 5) is 8.34. The van der Waals surface area contributed by atoms with E-state index >= 15 is 0 Å². The van der Waals surface area contributed by atoms with Crippen molar-refractivity contribution in [1.82, 2.24) is 9.97 Å². The average molecular weight is 222 g/mol. The van der Waals surface area contributed by atoms with Crippen molar-refractivity contribution in [2.24, 2.45) is 0 Å². The number of nitrogens with one attached hydrogen (secondary N) is 2. The molecule has 1 aromatic rings. The van der Waals surface area contributed by atoms with Crippen molar-refractivity contribution in [3.05, 3.63) is 12.4 Å². The fourth-order valence-electron chi connectivity index (χ4n) is 1.42. The summed E-state index contributed by atoms with van der Waals surface area (Å²) in [7, 11) is 0. The molecule has 1 aromatic heterocycles. The maximum Gasteiger partial charge on any atom is 0.131 e. The number of rotatable bonds is 7. The summed E-state index contributed by atoms with van der Waals surface area (Å²) < 4.78 is 0. The first-order chi connectivity index (χ1) is 7.72. The molecular weight excluding hydrogens is 200 g/mol. The van der Waals surface area contributed by atoms with Gasteiger partial charge in [-0.2, -0.15) is 0 Å². The molecule has 2 N–H and O–H groups in total. The lowest BCUT2D eigenvalue weighted by Crippen LogP contribution is -2.12. The third-order valence-corrected chi connectivity index (χ3v) is 2.19. The summed E-state index contributed by atoms with van der Waals surface area (Å²) >= 11 is 0. The van der Waals surface area contributed by atoms with E-state index in [1.807, 2.05) is 6.07 Å². The number of aromatic nitrogens is 2. The smallest absolute Gasteiger partial charge is 0.131 e. The van der Waals surface area contributed by atoms with Crippen molar-refractivity contribution in [2.75, 3.05) is 17.2 Å². The predicted molar refractivity (Wildman–Crippen MR) is 68.8 cm³/mol. The molecule has 4 nitrogen and oxygen atoms in total. The Kier molecular flexibility index (Phi) is 5.61. The fraction of sp³-hybridized carbons (Fsp3) is 0.667. The lowest BCUT2D eigenvalue weighted by molar-refractivity contribution is 0.742. The third-order valence-electron chi connectivity index (χ3n) is 2.19. The van der Waals surface area contributed by atoms with Crippen LogP contribution in [0.1, 0.15) is 40.0 Å². The summed E-state index contributed by atoms with van der Waals surface area (Å²) in [5.41, 5.74) is 0. The van der Waals surface area contributed by atoms with Gasteiger partial charge in [-0.15, -0.1) is 0 Å². The standard InChI is InChI=1S/C12H22N4/c1-4-5-6-7-13-11-8-12(15-9-14-11)16-10(2)3/h8-10H,4-7H2,1-3H3,(H2,13,14,15,16). The molecule has 0 aliphatic carbocycles. The monoisotopic (exact) mass is 222 g/mol. The molecule has 0 aliphatic rings. The van der Waals surface area contributed by atoms with Crippen molar-refractivity contribution < 1.29 is 0 Å². The molecule has 0 saturated heterocycles. The zero-order chi connectivity index (χ0) is 11.8. The summed E-state index contributed by atoms with van der Waals surface area (Å²) in [5, 5.41) is 6.56. The van der Waals surface area contributed by atoms with Gasteiger partial charge in [-0.3, -0.25) is 0 Å². The number of anilines is 2. The zero-order valence-corrected chi connectivity index (χ0v) is 10.5. The second kappa shape index (κ2) is 7.04. The summed E-state index contributed by atoms with van der Waals surface area (Å²) in [6.07, 6.45) is 5.28. The van der Waals surface area contributed by atoms with E-state index in [9.17, 15) is 0 Å². The first-order valence-electron chi connectivity index (χ1n) is 6.04. The van der Waals surface area contributed by atoms with Crippen LogP contribution in [-0.2, 0) is 0 Å². The Morgan fingerprint density at radius 3 is 2.62 bits per heavy atom. The molecule has 0 amide bonds. The van der Waals surface area contributed by atoms with Crippen LogP contribution in [0, 0.1) is 0 Å². The van der Waals surface area contributed by atoms with Crippen LogP contribution >= 0.6 is 0 Å². The van der Waals surface area contributed by atoms with Gasteiger partial charge >= 0.3 is 0 Å².